The Morgan fingerprint density at radius 1 is 1.40 bits per heavy atom. The fourth-order valence-electron chi connectivity index (χ4n) is 1.78. The summed E-state index contributed by atoms with van der Waals surface area (Å²) in [7, 11) is 0. The topological polar surface area (TPSA) is 33.1 Å². The van der Waals surface area contributed by atoms with Gasteiger partial charge in [-0.15, -0.1) is 11.3 Å². The predicted molar refractivity (Wildman–Crippen MR) is 62.4 cm³/mol. The average Bonchev–Trinajstić information content (AvgIpc) is 2.99. The molecule has 0 unspecified atom stereocenters. The molecule has 1 heterocycles. The number of fused-ring (bicyclic) bond motifs is 1. The Morgan fingerprint density at radius 2 is 2.27 bits per heavy atom. The van der Waals surface area contributed by atoms with E-state index in [-0.39, 0.29) is 6.61 Å². The summed E-state index contributed by atoms with van der Waals surface area (Å²) in [6.07, 6.45) is 3.36. The highest BCUT2D eigenvalue weighted by atomic mass is 32.1. The molecule has 2 aromatic rings. The third-order valence-corrected chi connectivity index (χ3v) is 3.98. The summed E-state index contributed by atoms with van der Waals surface area (Å²) >= 11 is 1.82. The summed E-state index contributed by atoms with van der Waals surface area (Å²) in [5.41, 5.74) is 2.32. The summed E-state index contributed by atoms with van der Waals surface area (Å²) in [6.45, 7) is 0.222. The third-order valence-electron chi connectivity index (χ3n) is 2.80. The van der Waals surface area contributed by atoms with E-state index in [0.717, 1.165) is 17.9 Å². The largest absolute Gasteiger partial charge is 0.396 e. The standard InChI is InChI=1S/C12H13NOS/c14-6-5-8-1-4-10-11(7-8)15-12(13-10)9-2-3-9/h1,4,7,9,14H,2-3,5-6H2. The van der Waals surface area contributed by atoms with Crippen molar-refractivity contribution in [2.75, 3.05) is 6.61 Å². The van der Waals surface area contributed by atoms with Crippen LogP contribution in [-0.4, -0.2) is 16.7 Å². The molecule has 3 heteroatoms. The second-order valence-electron chi connectivity index (χ2n) is 4.10. The summed E-state index contributed by atoms with van der Waals surface area (Å²) in [4.78, 5) is 4.63. The van der Waals surface area contributed by atoms with Crippen molar-refractivity contribution in [3.63, 3.8) is 0 Å². The van der Waals surface area contributed by atoms with Gasteiger partial charge in [0, 0.05) is 12.5 Å². The predicted octanol–water partition coefficient (Wildman–Crippen LogP) is 2.71. The molecule has 78 valence electrons. The lowest BCUT2D eigenvalue weighted by molar-refractivity contribution is 0.299. The van der Waals surface area contributed by atoms with Crippen LogP contribution < -0.4 is 0 Å². The molecule has 0 spiro atoms. The second-order valence-corrected chi connectivity index (χ2v) is 5.16. The summed E-state index contributed by atoms with van der Waals surface area (Å²) in [5, 5.41) is 10.2. The lowest BCUT2D eigenvalue weighted by Crippen LogP contribution is -1.88. The molecule has 1 aliphatic rings. The molecule has 1 saturated carbocycles. The zero-order valence-corrected chi connectivity index (χ0v) is 9.26. The van der Waals surface area contributed by atoms with Crippen LogP contribution in [0.15, 0.2) is 18.2 Å². The van der Waals surface area contributed by atoms with Gasteiger partial charge in [0.15, 0.2) is 0 Å². The fraction of sp³-hybridized carbons (Fsp3) is 0.417. The van der Waals surface area contributed by atoms with Gasteiger partial charge in [-0.1, -0.05) is 6.07 Å². The highest BCUT2D eigenvalue weighted by Gasteiger charge is 2.26. The first-order valence-corrected chi connectivity index (χ1v) is 6.18. The van der Waals surface area contributed by atoms with Crippen LogP contribution >= 0.6 is 11.3 Å². The fourth-order valence-corrected chi connectivity index (χ4v) is 2.98. The maximum atomic E-state index is 8.88. The first-order chi connectivity index (χ1) is 7.36. The van der Waals surface area contributed by atoms with E-state index in [1.54, 1.807) is 0 Å². The van der Waals surface area contributed by atoms with Gasteiger partial charge < -0.3 is 5.11 Å². The SMILES string of the molecule is OCCc1ccc2nc(C3CC3)sc2c1. The molecule has 3 rings (SSSR count). The highest BCUT2D eigenvalue weighted by Crippen LogP contribution is 2.43. The van der Waals surface area contributed by atoms with E-state index in [9.17, 15) is 0 Å². The Morgan fingerprint density at radius 3 is 3.00 bits per heavy atom. The van der Waals surface area contributed by atoms with Gasteiger partial charge >= 0.3 is 0 Å². The van der Waals surface area contributed by atoms with Crippen molar-refractivity contribution < 1.29 is 5.11 Å². The number of thiazole rings is 1. The molecule has 1 fully saturated rings. The Kier molecular flexibility index (Phi) is 2.22. The van der Waals surface area contributed by atoms with Crippen LogP contribution in [0.5, 0.6) is 0 Å². The first-order valence-electron chi connectivity index (χ1n) is 5.37. The smallest absolute Gasteiger partial charge is 0.0969 e. The molecular weight excluding hydrogens is 206 g/mol. The van der Waals surface area contributed by atoms with Gasteiger partial charge in [0.25, 0.3) is 0 Å². The second kappa shape index (κ2) is 3.58. The maximum absolute atomic E-state index is 8.88. The van der Waals surface area contributed by atoms with Crippen LogP contribution in [0, 0.1) is 0 Å². The summed E-state index contributed by atoms with van der Waals surface area (Å²) in [5.74, 6) is 0.740. The molecule has 1 N–H and O–H groups in total. The van der Waals surface area contributed by atoms with Gasteiger partial charge in [0.2, 0.25) is 0 Å². The zero-order valence-electron chi connectivity index (χ0n) is 8.44. The van der Waals surface area contributed by atoms with Crippen LogP contribution in [0.25, 0.3) is 10.2 Å². The van der Waals surface area contributed by atoms with Crippen molar-refractivity contribution in [3.05, 3.63) is 28.8 Å². The number of rotatable bonds is 3. The van der Waals surface area contributed by atoms with Crippen LogP contribution in [0.4, 0.5) is 0 Å². The first kappa shape index (κ1) is 9.31. The molecule has 15 heavy (non-hydrogen) atoms. The molecule has 0 aliphatic heterocycles. The molecule has 1 aromatic carbocycles. The van der Waals surface area contributed by atoms with Crippen molar-refractivity contribution in [1.82, 2.24) is 4.98 Å². The number of nitrogens with zero attached hydrogens (tertiary/aromatic N) is 1. The van der Waals surface area contributed by atoms with E-state index in [4.69, 9.17) is 5.11 Å². The van der Waals surface area contributed by atoms with Gasteiger partial charge in [0.05, 0.1) is 15.2 Å². The number of aliphatic hydroxyl groups excluding tert-OH is 1. The van der Waals surface area contributed by atoms with Gasteiger partial charge in [0.1, 0.15) is 0 Å². The van der Waals surface area contributed by atoms with E-state index in [1.165, 1.54) is 28.1 Å². The van der Waals surface area contributed by atoms with Crippen molar-refractivity contribution in [2.45, 2.75) is 25.2 Å². The number of hydrogen-bond donors (Lipinski definition) is 1. The van der Waals surface area contributed by atoms with Gasteiger partial charge in [-0.25, -0.2) is 4.98 Å². The Bertz CT molecular complexity index is 487. The lowest BCUT2D eigenvalue weighted by atomic mass is 10.1. The van der Waals surface area contributed by atoms with E-state index >= 15 is 0 Å². The average molecular weight is 219 g/mol. The Balaban J connectivity index is 2.02. The molecule has 2 nitrogen and oxygen atoms in total. The van der Waals surface area contributed by atoms with Crippen molar-refractivity contribution in [2.24, 2.45) is 0 Å². The van der Waals surface area contributed by atoms with Crippen molar-refractivity contribution in [3.8, 4) is 0 Å². The number of benzene rings is 1. The quantitative estimate of drug-likeness (QED) is 0.861. The molecule has 0 radical (unpaired) electrons. The van der Waals surface area contributed by atoms with Crippen LogP contribution in [-0.2, 0) is 6.42 Å². The highest BCUT2D eigenvalue weighted by molar-refractivity contribution is 7.18. The lowest BCUT2D eigenvalue weighted by Gasteiger charge is -1.96. The van der Waals surface area contributed by atoms with Crippen molar-refractivity contribution >= 4 is 21.6 Å². The number of aliphatic hydroxyl groups is 1. The molecule has 1 aromatic heterocycles. The minimum Gasteiger partial charge on any atom is -0.396 e. The number of aromatic nitrogens is 1. The Hall–Kier alpha value is -0.930. The monoisotopic (exact) mass is 219 g/mol. The number of hydrogen-bond acceptors (Lipinski definition) is 3. The van der Waals surface area contributed by atoms with Crippen LogP contribution in [0.2, 0.25) is 0 Å². The van der Waals surface area contributed by atoms with Crippen LogP contribution in [0.3, 0.4) is 0 Å². The molecule has 0 saturated heterocycles. The Labute approximate surface area is 92.6 Å². The molecule has 1 aliphatic carbocycles. The molecule has 0 amide bonds. The van der Waals surface area contributed by atoms with Gasteiger partial charge in [-0.3, -0.25) is 0 Å². The molecule has 0 atom stereocenters. The van der Waals surface area contributed by atoms with E-state index in [0.29, 0.717) is 0 Å². The summed E-state index contributed by atoms with van der Waals surface area (Å²) in [6, 6.07) is 6.30. The van der Waals surface area contributed by atoms with Gasteiger partial charge in [-0.2, -0.15) is 0 Å². The normalized spacial score (nSPS) is 16.1. The maximum Gasteiger partial charge on any atom is 0.0969 e. The summed E-state index contributed by atoms with van der Waals surface area (Å²) < 4.78 is 1.27. The van der Waals surface area contributed by atoms with E-state index < -0.39 is 0 Å². The zero-order chi connectivity index (χ0) is 10.3. The van der Waals surface area contributed by atoms with Crippen LogP contribution in [0.1, 0.15) is 29.3 Å². The van der Waals surface area contributed by atoms with E-state index in [2.05, 4.69) is 23.2 Å². The minimum atomic E-state index is 0.222. The molecular formula is C12H13NOS. The van der Waals surface area contributed by atoms with Gasteiger partial charge in [-0.05, 0) is 37.0 Å². The third kappa shape index (κ3) is 1.77. The van der Waals surface area contributed by atoms with E-state index in [1.807, 2.05) is 11.3 Å². The molecule has 0 bridgehead atoms. The minimum absolute atomic E-state index is 0.222. The van der Waals surface area contributed by atoms with Crippen molar-refractivity contribution in [1.29, 1.82) is 0 Å².